The van der Waals surface area contributed by atoms with Crippen molar-refractivity contribution in [3.8, 4) is 12.1 Å². The van der Waals surface area contributed by atoms with Gasteiger partial charge in [0.2, 0.25) is 0 Å². The fraction of sp³-hybridized carbons (Fsp3) is 0.455. The number of nitrogens with one attached hydrogen (secondary N) is 2. The molecule has 0 radical (unpaired) electrons. The Morgan fingerprint density at radius 1 is 1.21 bits per heavy atom. The van der Waals surface area contributed by atoms with Gasteiger partial charge in [0.25, 0.3) is 0 Å². The molecule has 2 N–H and O–H groups in total. The summed E-state index contributed by atoms with van der Waals surface area (Å²) in [5.41, 5.74) is 1.04. The van der Waals surface area contributed by atoms with E-state index in [1.54, 1.807) is 18.3 Å². The predicted octanol–water partition coefficient (Wildman–Crippen LogP) is 3.23. The largest absolute Gasteiger partial charge is 0.354 e. The van der Waals surface area contributed by atoms with Gasteiger partial charge in [0.1, 0.15) is 17.5 Å². The van der Waals surface area contributed by atoms with E-state index in [-0.39, 0.29) is 0 Å². The lowest BCUT2D eigenvalue weighted by Gasteiger charge is -2.33. The van der Waals surface area contributed by atoms with Crippen molar-refractivity contribution in [2.24, 2.45) is 0 Å². The maximum absolute atomic E-state index is 10.1. The molecule has 2 fully saturated rings. The summed E-state index contributed by atoms with van der Waals surface area (Å²) in [6.45, 7) is 4.86. The highest BCUT2D eigenvalue weighted by Gasteiger charge is 2.35. The van der Waals surface area contributed by atoms with E-state index in [9.17, 15) is 5.26 Å². The molecule has 0 spiro atoms. The zero-order valence-corrected chi connectivity index (χ0v) is 16.6. The van der Waals surface area contributed by atoms with Crippen molar-refractivity contribution in [1.29, 1.82) is 10.5 Å². The topological polar surface area (TPSA) is 101 Å². The first kappa shape index (κ1) is 19.2. The number of rotatable bonds is 4. The molecule has 1 atom stereocenters. The Bertz CT molecular complexity index is 966. The van der Waals surface area contributed by atoms with E-state index in [0.717, 1.165) is 56.7 Å². The van der Waals surface area contributed by atoms with Crippen LogP contribution in [0.1, 0.15) is 43.7 Å². The van der Waals surface area contributed by atoms with Gasteiger partial charge in [-0.05, 0) is 75.5 Å². The summed E-state index contributed by atoms with van der Waals surface area (Å²) < 4.78 is 0. The van der Waals surface area contributed by atoms with Crippen LogP contribution in [0.3, 0.4) is 0 Å². The Kier molecular flexibility index (Phi) is 5.33. The summed E-state index contributed by atoms with van der Waals surface area (Å²) in [5.74, 6) is 2.14. The molecule has 0 aromatic carbocycles. The molecule has 2 saturated heterocycles. The number of aromatic nitrogens is 2. The van der Waals surface area contributed by atoms with Gasteiger partial charge in [-0.25, -0.2) is 9.97 Å². The molecular formula is C22H25N7. The molecule has 7 heteroatoms. The first-order valence-corrected chi connectivity index (χ1v) is 10.2. The lowest BCUT2D eigenvalue weighted by atomic mass is 9.74. The average molecular weight is 387 g/mol. The average Bonchev–Trinajstić information content (AvgIpc) is 3.20. The molecule has 0 saturated carbocycles. The van der Waals surface area contributed by atoms with Gasteiger partial charge >= 0.3 is 0 Å². The van der Waals surface area contributed by atoms with E-state index in [2.05, 4.69) is 45.6 Å². The van der Waals surface area contributed by atoms with Crippen molar-refractivity contribution in [3.05, 3.63) is 41.6 Å². The maximum Gasteiger partial charge on any atom is 0.134 e. The number of nitrogens with zero attached hydrogens (tertiary/aromatic N) is 5. The number of nitriles is 2. The molecule has 148 valence electrons. The van der Waals surface area contributed by atoms with Crippen LogP contribution < -0.4 is 15.5 Å². The van der Waals surface area contributed by atoms with Crippen molar-refractivity contribution >= 4 is 17.5 Å². The minimum absolute atomic E-state index is 0.428. The lowest BCUT2D eigenvalue weighted by molar-refractivity contribution is 0.382. The number of hydrogen-bond acceptors (Lipinski definition) is 7. The number of piperidine rings is 1. The molecule has 4 rings (SSSR count). The third-order valence-electron chi connectivity index (χ3n) is 6.03. The second-order valence-electron chi connectivity index (χ2n) is 7.89. The monoisotopic (exact) mass is 387 g/mol. The molecule has 2 aromatic rings. The summed E-state index contributed by atoms with van der Waals surface area (Å²) in [6.07, 6.45) is 5.47. The van der Waals surface area contributed by atoms with Crippen LogP contribution in [0.5, 0.6) is 0 Å². The normalized spacial score (nSPS) is 20.7. The lowest BCUT2D eigenvalue weighted by Crippen LogP contribution is -2.39. The van der Waals surface area contributed by atoms with Crippen molar-refractivity contribution in [1.82, 2.24) is 15.3 Å². The van der Waals surface area contributed by atoms with Gasteiger partial charge in [-0.3, -0.25) is 0 Å². The molecule has 2 aromatic heterocycles. The summed E-state index contributed by atoms with van der Waals surface area (Å²) in [5, 5.41) is 25.8. The van der Waals surface area contributed by atoms with Gasteiger partial charge in [-0.2, -0.15) is 10.5 Å². The van der Waals surface area contributed by atoms with Gasteiger partial charge in [0, 0.05) is 18.8 Å². The van der Waals surface area contributed by atoms with Crippen LogP contribution in [0.2, 0.25) is 0 Å². The van der Waals surface area contributed by atoms with Crippen molar-refractivity contribution in [2.75, 3.05) is 29.9 Å². The van der Waals surface area contributed by atoms with Crippen LogP contribution in [0.15, 0.2) is 30.5 Å². The smallest absolute Gasteiger partial charge is 0.134 e. The van der Waals surface area contributed by atoms with E-state index >= 15 is 0 Å². The van der Waals surface area contributed by atoms with Crippen LogP contribution in [0, 0.1) is 22.7 Å². The summed E-state index contributed by atoms with van der Waals surface area (Å²) in [6, 6.07) is 12.6. The van der Waals surface area contributed by atoms with E-state index in [4.69, 9.17) is 10.2 Å². The first-order chi connectivity index (χ1) is 14.1. The maximum atomic E-state index is 10.1. The molecule has 29 heavy (non-hydrogen) atoms. The van der Waals surface area contributed by atoms with E-state index in [0.29, 0.717) is 23.2 Å². The Morgan fingerprint density at radius 3 is 2.72 bits per heavy atom. The van der Waals surface area contributed by atoms with E-state index in [1.807, 2.05) is 6.07 Å². The molecule has 0 aliphatic carbocycles. The summed E-state index contributed by atoms with van der Waals surface area (Å²) in [4.78, 5) is 11.5. The van der Waals surface area contributed by atoms with Gasteiger partial charge in [-0.1, -0.05) is 0 Å². The Balaban J connectivity index is 1.75. The van der Waals surface area contributed by atoms with Gasteiger partial charge in [-0.15, -0.1) is 0 Å². The third kappa shape index (κ3) is 3.87. The first-order valence-electron chi connectivity index (χ1n) is 10.2. The molecule has 4 heterocycles. The third-order valence-corrected chi connectivity index (χ3v) is 6.03. The van der Waals surface area contributed by atoms with Gasteiger partial charge in [0.15, 0.2) is 0 Å². The zero-order chi connectivity index (χ0) is 20.3. The fourth-order valence-corrected chi connectivity index (χ4v) is 4.30. The Morgan fingerprint density at radius 2 is 2.03 bits per heavy atom. The zero-order valence-electron chi connectivity index (χ0n) is 16.6. The molecule has 2 aliphatic rings. The molecule has 7 nitrogen and oxygen atoms in total. The second kappa shape index (κ2) is 8.06. The minimum Gasteiger partial charge on any atom is -0.354 e. The highest BCUT2D eigenvalue weighted by Crippen LogP contribution is 2.37. The Hall–Kier alpha value is -3.16. The van der Waals surface area contributed by atoms with E-state index in [1.165, 1.54) is 0 Å². The highest BCUT2D eigenvalue weighted by molar-refractivity contribution is 5.60. The van der Waals surface area contributed by atoms with Crippen LogP contribution in [-0.2, 0) is 5.41 Å². The Labute approximate surface area is 171 Å². The van der Waals surface area contributed by atoms with Crippen molar-refractivity contribution in [3.63, 3.8) is 0 Å². The fourth-order valence-electron chi connectivity index (χ4n) is 4.30. The van der Waals surface area contributed by atoms with Crippen molar-refractivity contribution < 1.29 is 0 Å². The number of anilines is 3. The summed E-state index contributed by atoms with van der Waals surface area (Å²) in [7, 11) is 0. The molecular weight excluding hydrogens is 362 g/mol. The minimum atomic E-state index is -0.510. The predicted molar refractivity (Wildman–Crippen MR) is 112 cm³/mol. The standard InChI is InChI=1S/C22H25N7/c1-16-3-2-10-29(16)21-13-18(22(15-24)5-8-25-9-6-22)12-20(28-21)27-19-11-17(14-23)4-7-26-19/h4,7,11-13,16,25H,2-3,5-6,8-10H2,1H3,(H,26,27,28)/t16-/m1/s1. The number of pyridine rings is 2. The highest BCUT2D eigenvalue weighted by atomic mass is 15.2. The number of hydrogen-bond donors (Lipinski definition) is 2. The molecule has 2 aliphatic heterocycles. The SMILES string of the molecule is C[C@@H]1CCCN1c1cc(C2(C#N)CCNCC2)cc(Nc2cc(C#N)ccn2)n1. The van der Waals surface area contributed by atoms with Crippen LogP contribution in [-0.4, -0.2) is 35.6 Å². The van der Waals surface area contributed by atoms with Crippen molar-refractivity contribution in [2.45, 2.75) is 44.1 Å². The molecule has 0 unspecified atom stereocenters. The van der Waals surface area contributed by atoms with Crippen LogP contribution in [0.25, 0.3) is 0 Å². The second-order valence-corrected chi connectivity index (χ2v) is 7.89. The van der Waals surface area contributed by atoms with E-state index < -0.39 is 5.41 Å². The molecule has 0 amide bonds. The van der Waals surface area contributed by atoms with Gasteiger partial charge < -0.3 is 15.5 Å². The van der Waals surface area contributed by atoms with Crippen LogP contribution in [0.4, 0.5) is 17.5 Å². The van der Waals surface area contributed by atoms with Gasteiger partial charge in [0.05, 0.1) is 23.1 Å². The van der Waals surface area contributed by atoms with Crippen LogP contribution >= 0.6 is 0 Å². The summed E-state index contributed by atoms with van der Waals surface area (Å²) >= 11 is 0. The molecule has 0 bridgehead atoms. The quantitative estimate of drug-likeness (QED) is 0.830.